The number of hydrogen-bond donors (Lipinski definition) is 1. The molecule has 0 spiro atoms. The summed E-state index contributed by atoms with van der Waals surface area (Å²) < 4.78 is 1.99. The van der Waals surface area contributed by atoms with Crippen LogP contribution in [-0.4, -0.2) is 14.5 Å². The maximum absolute atomic E-state index is 5.91. The topological polar surface area (TPSA) is 56.7 Å². The Hall–Kier alpha value is -1.68. The number of nitrogens with two attached hydrogens (primary N) is 1. The molecule has 0 saturated carbocycles. The third-order valence-electron chi connectivity index (χ3n) is 2.69. The zero-order valence-electron chi connectivity index (χ0n) is 9.59. The van der Waals surface area contributed by atoms with Gasteiger partial charge in [-0.3, -0.25) is 4.98 Å². The molecule has 0 fully saturated rings. The summed E-state index contributed by atoms with van der Waals surface area (Å²) in [6.07, 6.45) is 6.43. The summed E-state index contributed by atoms with van der Waals surface area (Å²) >= 11 is 0. The molecule has 0 amide bonds. The number of nitrogens with zero attached hydrogens (tertiary/aromatic N) is 3. The lowest BCUT2D eigenvalue weighted by Crippen LogP contribution is -2.10. The van der Waals surface area contributed by atoms with Crippen molar-refractivity contribution < 1.29 is 0 Å². The van der Waals surface area contributed by atoms with Gasteiger partial charge in [0.15, 0.2) is 0 Å². The molecule has 0 bridgehead atoms. The van der Waals surface area contributed by atoms with E-state index in [4.69, 9.17) is 5.73 Å². The van der Waals surface area contributed by atoms with Gasteiger partial charge < -0.3 is 10.3 Å². The van der Waals surface area contributed by atoms with Gasteiger partial charge in [-0.2, -0.15) is 0 Å². The van der Waals surface area contributed by atoms with E-state index < -0.39 is 0 Å². The highest BCUT2D eigenvalue weighted by molar-refractivity contribution is 5.31. The highest BCUT2D eigenvalue weighted by Crippen LogP contribution is 2.14. The van der Waals surface area contributed by atoms with Gasteiger partial charge in [0.2, 0.25) is 0 Å². The molecule has 4 heteroatoms. The van der Waals surface area contributed by atoms with Crippen molar-refractivity contribution in [2.45, 2.75) is 26.3 Å². The molecular formula is C12H16N4. The second-order valence-corrected chi connectivity index (χ2v) is 3.80. The van der Waals surface area contributed by atoms with E-state index >= 15 is 0 Å². The van der Waals surface area contributed by atoms with Crippen LogP contribution in [0.2, 0.25) is 0 Å². The van der Waals surface area contributed by atoms with Crippen molar-refractivity contribution in [3.05, 3.63) is 42.2 Å². The predicted molar refractivity (Wildman–Crippen MR) is 63.3 cm³/mol. The van der Waals surface area contributed by atoms with Crippen molar-refractivity contribution in [2.75, 3.05) is 0 Å². The number of pyridine rings is 1. The highest BCUT2D eigenvalue weighted by atomic mass is 15.1. The zero-order valence-corrected chi connectivity index (χ0v) is 9.59. The summed E-state index contributed by atoms with van der Waals surface area (Å²) in [4.78, 5) is 8.55. The van der Waals surface area contributed by atoms with Crippen LogP contribution in [0.3, 0.4) is 0 Å². The molecule has 0 aromatic carbocycles. The SMILES string of the molecule is CCC(N)c1ccc(-n2ccnc2C)cn1. The lowest BCUT2D eigenvalue weighted by molar-refractivity contribution is 0.674. The minimum atomic E-state index is 0.0259. The molecular weight excluding hydrogens is 200 g/mol. The Morgan fingerprint density at radius 2 is 2.19 bits per heavy atom. The monoisotopic (exact) mass is 216 g/mol. The maximum atomic E-state index is 5.91. The van der Waals surface area contributed by atoms with Crippen LogP contribution in [0.5, 0.6) is 0 Å². The van der Waals surface area contributed by atoms with Gasteiger partial charge in [0, 0.05) is 18.4 Å². The van der Waals surface area contributed by atoms with Gasteiger partial charge in [-0.1, -0.05) is 6.92 Å². The van der Waals surface area contributed by atoms with Gasteiger partial charge >= 0.3 is 0 Å². The molecule has 84 valence electrons. The quantitative estimate of drug-likeness (QED) is 0.853. The lowest BCUT2D eigenvalue weighted by Gasteiger charge is -2.09. The Bertz CT molecular complexity index is 458. The summed E-state index contributed by atoms with van der Waals surface area (Å²) in [5.41, 5.74) is 7.86. The van der Waals surface area contributed by atoms with Crippen molar-refractivity contribution >= 4 is 0 Å². The Morgan fingerprint density at radius 1 is 1.38 bits per heavy atom. The third kappa shape index (κ3) is 1.97. The van der Waals surface area contributed by atoms with E-state index in [0.717, 1.165) is 23.6 Å². The number of hydrogen-bond acceptors (Lipinski definition) is 3. The summed E-state index contributed by atoms with van der Waals surface area (Å²) in [6.45, 7) is 4.02. The number of aromatic nitrogens is 3. The molecule has 0 aliphatic carbocycles. The van der Waals surface area contributed by atoms with Crippen LogP contribution >= 0.6 is 0 Å². The van der Waals surface area contributed by atoms with Crippen molar-refractivity contribution in [1.82, 2.24) is 14.5 Å². The molecule has 2 N–H and O–H groups in total. The van der Waals surface area contributed by atoms with E-state index in [-0.39, 0.29) is 6.04 Å². The largest absolute Gasteiger partial charge is 0.323 e. The van der Waals surface area contributed by atoms with E-state index in [2.05, 4.69) is 16.9 Å². The van der Waals surface area contributed by atoms with Gasteiger partial charge in [-0.15, -0.1) is 0 Å². The van der Waals surface area contributed by atoms with Gasteiger partial charge in [-0.25, -0.2) is 4.98 Å². The van der Waals surface area contributed by atoms with Crippen LogP contribution in [0.4, 0.5) is 0 Å². The molecule has 2 aromatic rings. The fourth-order valence-electron chi connectivity index (χ4n) is 1.62. The molecule has 2 rings (SSSR count). The second-order valence-electron chi connectivity index (χ2n) is 3.80. The molecule has 0 aliphatic rings. The summed E-state index contributed by atoms with van der Waals surface area (Å²) in [7, 11) is 0. The average molecular weight is 216 g/mol. The Balaban J connectivity index is 2.30. The Labute approximate surface area is 95.1 Å². The molecule has 16 heavy (non-hydrogen) atoms. The van der Waals surface area contributed by atoms with Gasteiger partial charge in [0.25, 0.3) is 0 Å². The summed E-state index contributed by atoms with van der Waals surface area (Å²) in [5.74, 6) is 0.953. The molecule has 0 aliphatic heterocycles. The molecule has 0 saturated heterocycles. The van der Waals surface area contributed by atoms with E-state index in [0.29, 0.717) is 0 Å². The smallest absolute Gasteiger partial charge is 0.110 e. The fourth-order valence-corrected chi connectivity index (χ4v) is 1.62. The molecule has 1 unspecified atom stereocenters. The standard InChI is InChI=1S/C12H16N4/c1-3-11(13)12-5-4-10(8-15-12)16-7-6-14-9(16)2/h4-8,11H,3,13H2,1-2H3. The first-order chi connectivity index (χ1) is 7.72. The predicted octanol–water partition coefficient (Wildman–Crippen LogP) is 1.99. The Kier molecular flexibility index (Phi) is 3.01. The van der Waals surface area contributed by atoms with Crippen LogP contribution in [0.15, 0.2) is 30.7 Å². The van der Waals surface area contributed by atoms with Gasteiger partial charge in [-0.05, 0) is 25.5 Å². The van der Waals surface area contributed by atoms with Crippen molar-refractivity contribution in [3.63, 3.8) is 0 Å². The van der Waals surface area contributed by atoms with E-state index in [9.17, 15) is 0 Å². The van der Waals surface area contributed by atoms with Crippen molar-refractivity contribution in [3.8, 4) is 5.69 Å². The normalized spacial score (nSPS) is 12.7. The van der Waals surface area contributed by atoms with Crippen LogP contribution in [0.25, 0.3) is 5.69 Å². The van der Waals surface area contributed by atoms with Crippen LogP contribution in [0, 0.1) is 6.92 Å². The number of imidazole rings is 1. The second kappa shape index (κ2) is 4.45. The first-order valence-electron chi connectivity index (χ1n) is 5.44. The highest BCUT2D eigenvalue weighted by Gasteiger charge is 2.05. The number of aryl methyl sites for hydroxylation is 1. The molecule has 2 aromatic heterocycles. The fraction of sp³-hybridized carbons (Fsp3) is 0.333. The molecule has 1 atom stereocenters. The van der Waals surface area contributed by atoms with Gasteiger partial charge in [0.1, 0.15) is 5.82 Å². The minimum Gasteiger partial charge on any atom is -0.323 e. The first kappa shape index (κ1) is 10.8. The van der Waals surface area contributed by atoms with Crippen LogP contribution in [-0.2, 0) is 0 Å². The lowest BCUT2D eigenvalue weighted by atomic mass is 10.1. The summed E-state index contributed by atoms with van der Waals surface area (Å²) in [5, 5.41) is 0. The third-order valence-corrected chi connectivity index (χ3v) is 2.69. The Morgan fingerprint density at radius 3 is 2.69 bits per heavy atom. The zero-order chi connectivity index (χ0) is 11.5. The molecule has 0 radical (unpaired) electrons. The van der Waals surface area contributed by atoms with Crippen molar-refractivity contribution in [2.24, 2.45) is 5.73 Å². The van der Waals surface area contributed by atoms with E-state index in [1.165, 1.54) is 0 Å². The van der Waals surface area contributed by atoms with Gasteiger partial charge in [0.05, 0.1) is 17.6 Å². The number of rotatable bonds is 3. The molecule has 2 heterocycles. The van der Waals surface area contributed by atoms with E-state index in [1.54, 1.807) is 6.20 Å². The molecule has 4 nitrogen and oxygen atoms in total. The minimum absolute atomic E-state index is 0.0259. The van der Waals surface area contributed by atoms with E-state index in [1.807, 2.05) is 36.0 Å². The van der Waals surface area contributed by atoms with Crippen LogP contribution in [0.1, 0.15) is 30.9 Å². The first-order valence-corrected chi connectivity index (χ1v) is 5.44. The summed E-state index contributed by atoms with van der Waals surface area (Å²) in [6, 6.07) is 4.02. The average Bonchev–Trinajstić information content (AvgIpc) is 2.75. The van der Waals surface area contributed by atoms with Crippen LogP contribution < -0.4 is 5.73 Å². The maximum Gasteiger partial charge on any atom is 0.110 e. The van der Waals surface area contributed by atoms with Crippen molar-refractivity contribution in [1.29, 1.82) is 0 Å².